The quantitative estimate of drug-likeness (QED) is 0.199. The van der Waals surface area contributed by atoms with E-state index in [0.29, 0.717) is 33.1 Å². The number of nitrogens with zero attached hydrogens (tertiary/aromatic N) is 1. The van der Waals surface area contributed by atoms with Crippen LogP contribution >= 0.6 is 55.7 Å². The SMILES string of the molecule is Cc1ccc(N2C(=O)/C(=C/c3cc(Br)cc(Br)c3OCc3ccccc3)C(=O)NC2=S)cc1Cl. The number of rotatable bonds is 5. The number of thiocarbonyl (C=S) groups is 1. The van der Waals surface area contributed by atoms with E-state index in [1.54, 1.807) is 24.3 Å². The van der Waals surface area contributed by atoms with Crippen molar-refractivity contribution in [3.8, 4) is 5.75 Å². The van der Waals surface area contributed by atoms with Gasteiger partial charge in [-0.1, -0.05) is 63.9 Å². The molecule has 3 aromatic rings. The molecule has 172 valence electrons. The Morgan fingerprint density at radius 3 is 2.53 bits per heavy atom. The smallest absolute Gasteiger partial charge is 0.270 e. The van der Waals surface area contributed by atoms with E-state index in [-0.39, 0.29) is 10.7 Å². The molecule has 1 heterocycles. The molecule has 0 unspecified atom stereocenters. The summed E-state index contributed by atoms with van der Waals surface area (Å²) in [6.45, 7) is 2.17. The van der Waals surface area contributed by atoms with Gasteiger partial charge in [0.1, 0.15) is 17.9 Å². The van der Waals surface area contributed by atoms with E-state index in [1.165, 1.54) is 11.0 Å². The maximum atomic E-state index is 13.4. The number of aryl methyl sites for hydroxylation is 1. The maximum Gasteiger partial charge on any atom is 0.270 e. The summed E-state index contributed by atoms with van der Waals surface area (Å²) in [4.78, 5) is 27.4. The summed E-state index contributed by atoms with van der Waals surface area (Å²) in [7, 11) is 0. The van der Waals surface area contributed by atoms with Gasteiger partial charge in [0.2, 0.25) is 0 Å². The highest BCUT2D eigenvalue weighted by atomic mass is 79.9. The first-order chi connectivity index (χ1) is 16.2. The lowest BCUT2D eigenvalue weighted by Gasteiger charge is -2.29. The molecule has 0 spiro atoms. The average Bonchev–Trinajstić information content (AvgIpc) is 2.79. The van der Waals surface area contributed by atoms with Crippen LogP contribution in [0.15, 0.2) is 75.2 Å². The number of nitrogens with one attached hydrogen (secondary N) is 1. The van der Waals surface area contributed by atoms with Crippen LogP contribution in [0.1, 0.15) is 16.7 Å². The lowest BCUT2D eigenvalue weighted by molar-refractivity contribution is -0.122. The Balaban J connectivity index is 1.73. The normalized spacial score (nSPS) is 15.0. The summed E-state index contributed by atoms with van der Waals surface area (Å²) in [5.41, 5.74) is 2.77. The maximum absolute atomic E-state index is 13.4. The van der Waals surface area contributed by atoms with Gasteiger partial charge < -0.3 is 4.74 Å². The van der Waals surface area contributed by atoms with E-state index in [0.717, 1.165) is 15.6 Å². The second kappa shape index (κ2) is 10.4. The number of ether oxygens (including phenoxy) is 1. The summed E-state index contributed by atoms with van der Waals surface area (Å²) in [5, 5.41) is 3.07. The van der Waals surface area contributed by atoms with Gasteiger partial charge in [0.05, 0.1) is 10.2 Å². The number of carbonyl (C=O) groups is 2. The Bertz CT molecular complexity index is 1350. The van der Waals surface area contributed by atoms with Gasteiger partial charge in [-0.3, -0.25) is 19.8 Å². The number of hydrogen-bond acceptors (Lipinski definition) is 4. The van der Waals surface area contributed by atoms with Crippen LogP contribution in [-0.4, -0.2) is 16.9 Å². The second-order valence-corrected chi connectivity index (χ2v) is 10.0. The van der Waals surface area contributed by atoms with Crippen molar-refractivity contribution < 1.29 is 14.3 Å². The monoisotopic (exact) mass is 618 g/mol. The van der Waals surface area contributed by atoms with Gasteiger partial charge in [-0.25, -0.2) is 0 Å². The molecule has 1 aliphatic heterocycles. The summed E-state index contributed by atoms with van der Waals surface area (Å²) in [6.07, 6.45) is 1.50. The molecule has 0 aromatic heterocycles. The van der Waals surface area contributed by atoms with Crippen molar-refractivity contribution >= 4 is 84.4 Å². The highest BCUT2D eigenvalue weighted by Crippen LogP contribution is 2.36. The zero-order valence-corrected chi connectivity index (χ0v) is 22.5. The van der Waals surface area contributed by atoms with Crippen molar-refractivity contribution in [3.63, 3.8) is 0 Å². The number of carbonyl (C=O) groups excluding carboxylic acids is 2. The first-order valence-electron chi connectivity index (χ1n) is 10.1. The Morgan fingerprint density at radius 1 is 1.09 bits per heavy atom. The van der Waals surface area contributed by atoms with Crippen molar-refractivity contribution in [2.45, 2.75) is 13.5 Å². The molecule has 1 aliphatic rings. The molecule has 0 radical (unpaired) electrons. The molecule has 9 heteroatoms. The largest absolute Gasteiger partial charge is 0.487 e. The Labute approximate surface area is 224 Å². The van der Waals surface area contributed by atoms with Crippen LogP contribution in [0, 0.1) is 6.92 Å². The Hall–Kier alpha value is -2.52. The highest BCUT2D eigenvalue weighted by molar-refractivity contribution is 9.11. The topological polar surface area (TPSA) is 58.6 Å². The molecule has 1 fully saturated rings. The zero-order chi connectivity index (χ0) is 24.4. The molecular formula is C25H17Br2ClN2O3S. The number of benzene rings is 3. The molecule has 2 amide bonds. The standard InChI is InChI=1S/C25H17Br2ClN2O3S/c1-14-7-8-18(12-21(14)28)30-24(32)19(23(31)29-25(30)34)10-16-9-17(26)11-20(27)22(16)33-13-15-5-3-2-4-6-15/h2-12H,13H2,1H3,(H,29,31,34)/b19-10+. The summed E-state index contributed by atoms with van der Waals surface area (Å²) >= 11 is 18.5. The number of halogens is 3. The fourth-order valence-electron chi connectivity index (χ4n) is 3.34. The minimum Gasteiger partial charge on any atom is -0.487 e. The average molecular weight is 621 g/mol. The van der Waals surface area contributed by atoms with Crippen LogP contribution in [-0.2, 0) is 16.2 Å². The predicted octanol–water partition coefficient (Wildman–Crippen LogP) is 6.58. The summed E-state index contributed by atoms with van der Waals surface area (Å²) in [6, 6.07) is 18.5. The van der Waals surface area contributed by atoms with Crippen molar-refractivity contribution in [1.29, 1.82) is 0 Å². The van der Waals surface area contributed by atoms with Crippen LogP contribution < -0.4 is 15.0 Å². The summed E-state index contributed by atoms with van der Waals surface area (Å²) in [5.74, 6) is -0.647. The minimum absolute atomic E-state index is 0.0111. The van der Waals surface area contributed by atoms with E-state index in [1.807, 2.05) is 43.3 Å². The Morgan fingerprint density at radius 2 is 1.82 bits per heavy atom. The molecule has 0 bridgehead atoms. The molecule has 3 aromatic carbocycles. The fourth-order valence-corrected chi connectivity index (χ4v) is 5.17. The van der Waals surface area contributed by atoms with E-state index < -0.39 is 11.8 Å². The molecule has 5 nitrogen and oxygen atoms in total. The first-order valence-corrected chi connectivity index (χ1v) is 12.4. The van der Waals surface area contributed by atoms with Gasteiger partial charge in [-0.2, -0.15) is 0 Å². The third kappa shape index (κ3) is 5.25. The summed E-state index contributed by atoms with van der Waals surface area (Å²) < 4.78 is 7.49. The highest BCUT2D eigenvalue weighted by Gasteiger charge is 2.35. The third-order valence-electron chi connectivity index (χ3n) is 5.08. The molecule has 0 atom stereocenters. The van der Waals surface area contributed by atoms with Crippen LogP contribution in [0.4, 0.5) is 5.69 Å². The molecule has 0 aliphatic carbocycles. The fraction of sp³-hybridized carbons (Fsp3) is 0.0800. The van der Waals surface area contributed by atoms with E-state index in [4.69, 9.17) is 28.6 Å². The van der Waals surface area contributed by atoms with Gasteiger partial charge in [-0.15, -0.1) is 0 Å². The van der Waals surface area contributed by atoms with Crippen molar-refractivity contribution in [2.75, 3.05) is 4.90 Å². The zero-order valence-electron chi connectivity index (χ0n) is 17.8. The molecule has 1 saturated heterocycles. The number of anilines is 1. The minimum atomic E-state index is -0.588. The number of amides is 2. The lowest BCUT2D eigenvalue weighted by atomic mass is 10.1. The van der Waals surface area contributed by atoms with Crippen LogP contribution in [0.2, 0.25) is 5.02 Å². The van der Waals surface area contributed by atoms with Gasteiger partial charge in [0.15, 0.2) is 5.11 Å². The van der Waals surface area contributed by atoms with E-state index in [2.05, 4.69) is 37.2 Å². The van der Waals surface area contributed by atoms with E-state index in [9.17, 15) is 9.59 Å². The van der Waals surface area contributed by atoms with Crippen molar-refractivity contribution in [3.05, 3.63) is 96.9 Å². The third-order valence-corrected chi connectivity index (χ3v) is 6.82. The second-order valence-electron chi connectivity index (χ2n) is 7.47. The van der Waals surface area contributed by atoms with Crippen LogP contribution in [0.25, 0.3) is 6.08 Å². The first kappa shape index (κ1) is 24.6. The van der Waals surface area contributed by atoms with Gasteiger partial charge in [0.25, 0.3) is 11.8 Å². The van der Waals surface area contributed by atoms with Crippen LogP contribution in [0.3, 0.4) is 0 Å². The molecule has 1 N–H and O–H groups in total. The van der Waals surface area contributed by atoms with Crippen molar-refractivity contribution in [1.82, 2.24) is 5.32 Å². The molecule has 34 heavy (non-hydrogen) atoms. The molecule has 0 saturated carbocycles. The van der Waals surface area contributed by atoms with E-state index >= 15 is 0 Å². The van der Waals surface area contributed by atoms with Gasteiger partial charge >= 0.3 is 0 Å². The van der Waals surface area contributed by atoms with Gasteiger partial charge in [-0.05, 0) is 76.5 Å². The van der Waals surface area contributed by atoms with Crippen molar-refractivity contribution in [2.24, 2.45) is 0 Å². The molecule has 4 rings (SSSR count). The lowest BCUT2D eigenvalue weighted by Crippen LogP contribution is -2.54. The van der Waals surface area contributed by atoms with Gasteiger partial charge in [0, 0.05) is 15.1 Å². The Kier molecular flexibility index (Phi) is 7.52. The number of hydrogen-bond donors (Lipinski definition) is 1. The molecular weight excluding hydrogens is 604 g/mol. The van der Waals surface area contributed by atoms with Crippen LogP contribution in [0.5, 0.6) is 5.75 Å². The predicted molar refractivity (Wildman–Crippen MR) is 145 cm³/mol.